The molecule has 0 aliphatic carbocycles. The van der Waals surface area contributed by atoms with E-state index in [0.717, 1.165) is 6.42 Å². The van der Waals surface area contributed by atoms with Crippen LogP contribution in [0, 0.1) is 5.41 Å². The molecule has 0 aliphatic rings. The van der Waals surface area contributed by atoms with Gasteiger partial charge in [0.25, 0.3) is 5.91 Å². The van der Waals surface area contributed by atoms with Gasteiger partial charge in [0.05, 0.1) is 0 Å². The maximum absolute atomic E-state index is 11.7. The molecule has 0 aromatic rings. The van der Waals surface area contributed by atoms with Crippen molar-refractivity contribution in [1.29, 1.82) is 0 Å². The first-order valence-corrected chi connectivity index (χ1v) is 6.16. The summed E-state index contributed by atoms with van der Waals surface area (Å²) < 4.78 is 5.07. The van der Waals surface area contributed by atoms with Gasteiger partial charge >= 0.3 is 5.97 Å². The highest BCUT2D eigenvalue weighted by atomic mass is 16.5. The second-order valence-corrected chi connectivity index (χ2v) is 5.78. The number of carboxylic acid groups (broad SMARTS) is 1. The van der Waals surface area contributed by atoms with Crippen LogP contribution < -0.4 is 5.32 Å². The van der Waals surface area contributed by atoms with Crippen LogP contribution in [0.25, 0.3) is 0 Å². The lowest BCUT2D eigenvalue weighted by Crippen LogP contribution is -2.44. The van der Waals surface area contributed by atoms with Gasteiger partial charge in [-0.25, -0.2) is 0 Å². The standard InChI is InChI=1S/C13H25NO4/c1-12(2,7-6-10(15)16)8-9-14-11(17)13(3,4)18-5/h6-9H2,1-5H3,(H,14,17)(H,15,16). The Hall–Kier alpha value is -1.10. The average Bonchev–Trinajstić information content (AvgIpc) is 2.26. The van der Waals surface area contributed by atoms with Gasteiger partial charge in [-0.2, -0.15) is 0 Å². The topological polar surface area (TPSA) is 75.6 Å². The number of carbonyl (C=O) groups is 2. The van der Waals surface area contributed by atoms with E-state index in [-0.39, 0.29) is 17.7 Å². The molecule has 0 radical (unpaired) electrons. The maximum Gasteiger partial charge on any atom is 0.303 e. The van der Waals surface area contributed by atoms with Gasteiger partial charge in [-0.05, 0) is 32.1 Å². The molecule has 0 unspecified atom stereocenters. The molecule has 0 aliphatic heterocycles. The highest BCUT2D eigenvalue weighted by Gasteiger charge is 2.27. The number of hydrogen-bond acceptors (Lipinski definition) is 3. The van der Waals surface area contributed by atoms with Crippen LogP contribution in [0.15, 0.2) is 0 Å². The number of carboxylic acids is 1. The van der Waals surface area contributed by atoms with E-state index in [4.69, 9.17) is 9.84 Å². The monoisotopic (exact) mass is 259 g/mol. The highest BCUT2D eigenvalue weighted by Crippen LogP contribution is 2.26. The minimum atomic E-state index is -0.828. The molecule has 0 atom stereocenters. The molecule has 0 bridgehead atoms. The lowest BCUT2D eigenvalue weighted by molar-refractivity contribution is -0.140. The Morgan fingerprint density at radius 3 is 2.17 bits per heavy atom. The largest absolute Gasteiger partial charge is 0.481 e. The van der Waals surface area contributed by atoms with Crippen LogP contribution in [-0.4, -0.2) is 36.2 Å². The van der Waals surface area contributed by atoms with Crippen molar-refractivity contribution >= 4 is 11.9 Å². The quantitative estimate of drug-likeness (QED) is 0.697. The first-order valence-electron chi connectivity index (χ1n) is 6.16. The SMILES string of the molecule is COC(C)(C)C(=O)NCCC(C)(C)CCC(=O)O. The van der Waals surface area contributed by atoms with Crippen LogP contribution in [0.4, 0.5) is 0 Å². The Morgan fingerprint density at radius 1 is 1.17 bits per heavy atom. The summed E-state index contributed by atoms with van der Waals surface area (Å²) in [4.78, 5) is 22.2. The number of aliphatic carboxylic acids is 1. The van der Waals surface area contributed by atoms with Gasteiger partial charge in [-0.1, -0.05) is 13.8 Å². The molecule has 18 heavy (non-hydrogen) atoms. The summed E-state index contributed by atoms with van der Waals surface area (Å²) in [5.74, 6) is -0.938. The molecule has 0 fully saturated rings. The first-order chi connectivity index (χ1) is 8.10. The van der Waals surface area contributed by atoms with E-state index in [9.17, 15) is 9.59 Å². The molecule has 0 saturated carbocycles. The summed E-state index contributed by atoms with van der Waals surface area (Å²) in [5.41, 5.74) is -0.923. The van der Waals surface area contributed by atoms with Gasteiger partial charge < -0.3 is 15.2 Å². The number of methoxy groups -OCH3 is 1. The summed E-state index contributed by atoms with van der Waals surface area (Å²) in [6.45, 7) is 7.95. The normalized spacial score (nSPS) is 12.3. The number of nitrogens with one attached hydrogen (secondary N) is 1. The summed E-state index contributed by atoms with van der Waals surface area (Å²) in [6.07, 6.45) is 1.50. The smallest absolute Gasteiger partial charge is 0.303 e. The number of carbonyl (C=O) groups excluding carboxylic acids is 1. The van der Waals surface area contributed by atoms with Gasteiger partial charge in [0.2, 0.25) is 0 Å². The fraction of sp³-hybridized carbons (Fsp3) is 0.846. The van der Waals surface area contributed by atoms with Crippen molar-refractivity contribution in [2.75, 3.05) is 13.7 Å². The van der Waals surface area contributed by atoms with E-state index in [1.54, 1.807) is 13.8 Å². The minimum Gasteiger partial charge on any atom is -0.481 e. The molecule has 0 saturated heterocycles. The van der Waals surface area contributed by atoms with Crippen LogP contribution in [0.2, 0.25) is 0 Å². The molecule has 106 valence electrons. The van der Waals surface area contributed by atoms with Gasteiger partial charge in [-0.15, -0.1) is 0 Å². The molecule has 0 spiro atoms. The highest BCUT2D eigenvalue weighted by molar-refractivity contribution is 5.84. The molecule has 0 aromatic heterocycles. The predicted octanol–water partition coefficient (Wildman–Crippen LogP) is 1.81. The third kappa shape index (κ3) is 6.59. The third-order valence-electron chi connectivity index (χ3n) is 3.16. The van der Waals surface area contributed by atoms with Crippen molar-refractivity contribution in [1.82, 2.24) is 5.32 Å². The predicted molar refractivity (Wildman–Crippen MR) is 69.4 cm³/mol. The zero-order valence-electron chi connectivity index (χ0n) is 12.0. The molecule has 5 nitrogen and oxygen atoms in total. The van der Waals surface area contributed by atoms with Crippen LogP contribution in [0.3, 0.4) is 0 Å². The molecule has 0 aromatic carbocycles. The summed E-state index contributed by atoms with van der Waals surface area (Å²) >= 11 is 0. The van der Waals surface area contributed by atoms with Crippen molar-refractivity contribution in [2.45, 2.75) is 52.6 Å². The van der Waals surface area contributed by atoms with Crippen LogP contribution in [-0.2, 0) is 14.3 Å². The molecule has 1 amide bonds. The maximum atomic E-state index is 11.7. The lowest BCUT2D eigenvalue weighted by atomic mass is 9.84. The number of ether oxygens (including phenoxy) is 1. The summed E-state index contributed by atoms with van der Waals surface area (Å²) in [5, 5.41) is 11.4. The van der Waals surface area contributed by atoms with Crippen molar-refractivity contribution in [2.24, 2.45) is 5.41 Å². The van der Waals surface area contributed by atoms with Crippen molar-refractivity contribution in [3.63, 3.8) is 0 Å². The van der Waals surface area contributed by atoms with Crippen LogP contribution >= 0.6 is 0 Å². The summed E-state index contributed by atoms with van der Waals surface area (Å²) in [6, 6.07) is 0. The van der Waals surface area contributed by atoms with Crippen LogP contribution in [0.1, 0.15) is 47.0 Å². The molecule has 0 rings (SSSR count). The van der Waals surface area contributed by atoms with Crippen molar-refractivity contribution in [3.05, 3.63) is 0 Å². The van der Waals surface area contributed by atoms with Gasteiger partial charge in [0.15, 0.2) is 0 Å². The van der Waals surface area contributed by atoms with E-state index in [0.29, 0.717) is 13.0 Å². The Kier molecular flexibility index (Phi) is 6.32. The lowest BCUT2D eigenvalue weighted by Gasteiger charge is -2.26. The van der Waals surface area contributed by atoms with Crippen molar-refractivity contribution in [3.8, 4) is 0 Å². The van der Waals surface area contributed by atoms with Crippen molar-refractivity contribution < 1.29 is 19.4 Å². The molecule has 2 N–H and O–H groups in total. The number of amides is 1. The molecule has 0 heterocycles. The Bertz CT molecular complexity index is 297. The molecule has 5 heteroatoms. The van der Waals surface area contributed by atoms with Crippen LogP contribution in [0.5, 0.6) is 0 Å². The van der Waals surface area contributed by atoms with E-state index in [2.05, 4.69) is 5.32 Å². The molecular weight excluding hydrogens is 234 g/mol. The van der Waals surface area contributed by atoms with Gasteiger partial charge in [0.1, 0.15) is 5.60 Å². The number of hydrogen-bond donors (Lipinski definition) is 2. The fourth-order valence-corrected chi connectivity index (χ4v) is 1.39. The minimum absolute atomic E-state index is 0.0944. The van der Waals surface area contributed by atoms with E-state index in [1.807, 2.05) is 13.8 Å². The Morgan fingerprint density at radius 2 is 1.72 bits per heavy atom. The van der Waals surface area contributed by atoms with E-state index < -0.39 is 11.6 Å². The Balaban J connectivity index is 4.03. The third-order valence-corrected chi connectivity index (χ3v) is 3.16. The first kappa shape index (κ1) is 16.9. The zero-order chi connectivity index (χ0) is 14.4. The summed E-state index contributed by atoms with van der Waals surface area (Å²) in [7, 11) is 1.50. The Labute approximate surface area is 109 Å². The zero-order valence-corrected chi connectivity index (χ0v) is 12.0. The molecular formula is C13H25NO4. The van der Waals surface area contributed by atoms with Gasteiger partial charge in [0, 0.05) is 20.1 Å². The van der Waals surface area contributed by atoms with E-state index in [1.165, 1.54) is 7.11 Å². The second-order valence-electron chi connectivity index (χ2n) is 5.78. The van der Waals surface area contributed by atoms with Gasteiger partial charge in [-0.3, -0.25) is 9.59 Å². The fourth-order valence-electron chi connectivity index (χ4n) is 1.39. The number of rotatable bonds is 8. The average molecular weight is 259 g/mol. The van der Waals surface area contributed by atoms with E-state index >= 15 is 0 Å². The second kappa shape index (κ2) is 6.73.